The monoisotopic (exact) mass is 545 g/mol. The van der Waals surface area contributed by atoms with Gasteiger partial charge >= 0.3 is 6.09 Å². The fourth-order valence-corrected chi connectivity index (χ4v) is 4.69. The van der Waals surface area contributed by atoms with Gasteiger partial charge in [-0.25, -0.2) is 13.5 Å². The highest BCUT2D eigenvalue weighted by Gasteiger charge is 2.30. The van der Waals surface area contributed by atoms with E-state index in [2.05, 4.69) is 10.6 Å². The van der Waals surface area contributed by atoms with Crippen LogP contribution in [0.2, 0.25) is 0 Å². The molecule has 0 bridgehead atoms. The summed E-state index contributed by atoms with van der Waals surface area (Å²) in [5, 5.41) is 16.2. The van der Waals surface area contributed by atoms with Crippen molar-refractivity contribution in [3.8, 4) is 11.3 Å². The van der Waals surface area contributed by atoms with Crippen LogP contribution in [-0.4, -0.2) is 62.8 Å². The molecule has 4 rings (SSSR count). The van der Waals surface area contributed by atoms with Gasteiger partial charge < -0.3 is 30.0 Å². The number of nitrogens with one attached hydrogen (secondary N) is 3. The Morgan fingerprint density at radius 1 is 1.18 bits per heavy atom. The van der Waals surface area contributed by atoms with E-state index in [9.17, 15) is 27.5 Å². The minimum Gasteiger partial charge on any atom is -0.760 e. The lowest BCUT2D eigenvalue weighted by atomic mass is 9.97. The first-order valence-electron chi connectivity index (χ1n) is 11.8. The summed E-state index contributed by atoms with van der Waals surface area (Å²) in [6.45, 7) is -0.505. The topological polar surface area (TPSA) is 164 Å². The van der Waals surface area contributed by atoms with Crippen molar-refractivity contribution in [1.29, 1.82) is 0 Å². The Bertz CT molecular complexity index is 1390. The molecule has 202 valence electrons. The van der Waals surface area contributed by atoms with E-state index in [1.54, 1.807) is 6.07 Å². The molecule has 1 unspecified atom stereocenters. The van der Waals surface area contributed by atoms with Crippen LogP contribution in [0.4, 0.5) is 9.18 Å². The summed E-state index contributed by atoms with van der Waals surface area (Å²) in [6, 6.07) is 9.16. The van der Waals surface area contributed by atoms with Crippen LogP contribution in [0.15, 0.2) is 40.8 Å². The van der Waals surface area contributed by atoms with Crippen LogP contribution in [0.1, 0.15) is 40.2 Å². The number of fused-ring (bicyclic) bond motifs is 1. The van der Waals surface area contributed by atoms with Gasteiger partial charge in [-0.2, -0.15) is 0 Å². The normalized spacial score (nSPS) is 13.9. The number of amides is 3. The number of carbonyl (C=O) groups excluding carboxylic acids is 2. The first kappa shape index (κ1) is 27.2. The number of benzene rings is 2. The maximum absolute atomic E-state index is 13.5. The van der Waals surface area contributed by atoms with Gasteiger partial charge in [-0.3, -0.25) is 13.8 Å². The molecule has 1 aromatic heterocycles. The number of furan rings is 1. The van der Waals surface area contributed by atoms with Gasteiger partial charge in [0, 0.05) is 48.9 Å². The predicted molar refractivity (Wildman–Crippen MR) is 135 cm³/mol. The molecule has 13 heteroatoms. The van der Waals surface area contributed by atoms with Crippen LogP contribution in [0.5, 0.6) is 0 Å². The third-order valence-electron chi connectivity index (χ3n) is 6.17. The van der Waals surface area contributed by atoms with E-state index in [0.717, 1.165) is 22.7 Å². The first-order chi connectivity index (χ1) is 18.2. The van der Waals surface area contributed by atoms with Crippen molar-refractivity contribution in [2.24, 2.45) is 0 Å². The van der Waals surface area contributed by atoms with Crippen molar-refractivity contribution >= 4 is 40.1 Å². The average molecular weight is 546 g/mol. The molecule has 2 aromatic carbocycles. The lowest BCUT2D eigenvalue weighted by Gasteiger charge is -2.25. The standard InChI is InChI=1S/C25H27FN4O7S/c1-27-24(32)22-19-11-18(14-2-3-14)16(10-20(19)37-23(22)15-4-6-17(26)7-5-15)13-30(38(35)36)9-8-28-21(31)12-29-25(33)34/h4-7,10-11,14,29H,2-3,8-9,12-13H2,1H3,(H,27,32)(H,28,31)(H,33,34)(H,35,36)/p-1. The zero-order chi connectivity index (χ0) is 27.4. The van der Waals surface area contributed by atoms with Gasteiger partial charge in [-0.05, 0) is 66.3 Å². The van der Waals surface area contributed by atoms with Crippen LogP contribution >= 0.6 is 0 Å². The van der Waals surface area contributed by atoms with E-state index in [0.29, 0.717) is 27.7 Å². The molecule has 1 atom stereocenters. The average Bonchev–Trinajstić information content (AvgIpc) is 3.66. The van der Waals surface area contributed by atoms with E-state index in [-0.39, 0.29) is 37.2 Å². The van der Waals surface area contributed by atoms with Crippen LogP contribution in [0.25, 0.3) is 22.3 Å². The Morgan fingerprint density at radius 3 is 2.50 bits per heavy atom. The highest BCUT2D eigenvalue weighted by atomic mass is 32.2. The summed E-state index contributed by atoms with van der Waals surface area (Å²) in [7, 11) is 1.50. The zero-order valence-corrected chi connectivity index (χ0v) is 21.2. The van der Waals surface area contributed by atoms with Crippen molar-refractivity contribution in [3.63, 3.8) is 0 Å². The van der Waals surface area contributed by atoms with Gasteiger partial charge in [0.1, 0.15) is 17.2 Å². The second kappa shape index (κ2) is 11.7. The molecule has 1 saturated carbocycles. The minimum absolute atomic E-state index is 0.00300. The number of nitrogens with zero attached hydrogens (tertiary/aromatic N) is 1. The highest BCUT2D eigenvalue weighted by molar-refractivity contribution is 7.76. The number of carboxylic acid groups (broad SMARTS) is 1. The van der Waals surface area contributed by atoms with Crippen molar-refractivity contribution in [1.82, 2.24) is 20.3 Å². The Hall–Kier alpha value is -3.81. The molecular formula is C25H26FN4O7S-. The molecule has 1 heterocycles. The number of hydrogen-bond donors (Lipinski definition) is 4. The molecule has 1 fully saturated rings. The third kappa shape index (κ3) is 6.36. The Morgan fingerprint density at radius 2 is 1.89 bits per heavy atom. The van der Waals surface area contributed by atoms with Gasteiger partial charge in [0.2, 0.25) is 5.91 Å². The molecule has 1 aliphatic carbocycles. The highest BCUT2D eigenvalue weighted by Crippen LogP contribution is 2.45. The summed E-state index contributed by atoms with van der Waals surface area (Å²) >= 11 is -2.61. The van der Waals surface area contributed by atoms with Gasteiger partial charge in [-0.15, -0.1) is 0 Å². The molecule has 0 radical (unpaired) electrons. The van der Waals surface area contributed by atoms with E-state index in [1.807, 2.05) is 11.4 Å². The number of halogens is 1. The summed E-state index contributed by atoms with van der Waals surface area (Å²) in [5.74, 6) is -0.896. The smallest absolute Gasteiger partial charge is 0.405 e. The molecule has 3 aromatic rings. The lowest BCUT2D eigenvalue weighted by molar-refractivity contribution is -0.120. The van der Waals surface area contributed by atoms with Crippen molar-refractivity contribution < 1.29 is 37.1 Å². The molecule has 38 heavy (non-hydrogen) atoms. The molecular weight excluding hydrogens is 519 g/mol. The quantitative estimate of drug-likeness (QED) is 0.269. The molecule has 1 aliphatic rings. The summed E-state index contributed by atoms with van der Waals surface area (Å²) in [4.78, 5) is 35.1. The SMILES string of the molecule is CNC(=O)c1c(-c2ccc(F)cc2)oc2cc(CN(CCNC(=O)CNC(=O)O)S(=O)[O-])c(C3CC3)cc12. The maximum Gasteiger partial charge on any atom is 0.405 e. The summed E-state index contributed by atoms with van der Waals surface area (Å²) < 4.78 is 44.7. The number of rotatable bonds is 11. The largest absolute Gasteiger partial charge is 0.760 e. The van der Waals surface area contributed by atoms with Gasteiger partial charge in [0.05, 0.1) is 12.1 Å². The van der Waals surface area contributed by atoms with Gasteiger partial charge in [0.25, 0.3) is 5.91 Å². The van der Waals surface area contributed by atoms with Crippen LogP contribution < -0.4 is 16.0 Å². The zero-order valence-electron chi connectivity index (χ0n) is 20.4. The lowest BCUT2D eigenvalue weighted by Crippen LogP contribution is -2.40. The second-order valence-corrected chi connectivity index (χ2v) is 9.75. The molecule has 0 spiro atoms. The van der Waals surface area contributed by atoms with Crippen molar-refractivity contribution in [3.05, 3.63) is 58.9 Å². The number of carbonyl (C=O) groups is 3. The van der Waals surface area contributed by atoms with E-state index < -0.39 is 35.6 Å². The maximum atomic E-state index is 13.5. The van der Waals surface area contributed by atoms with Crippen molar-refractivity contribution in [2.45, 2.75) is 25.3 Å². The summed E-state index contributed by atoms with van der Waals surface area (Å²) in [6.07, 6.45) is 0.498. The van der Waals surface area contributed by atoms with E-state index >= 15 is 0 Å². The van der Waals surface area contributed by atoms with Crippen LogP contribution in [0, 0.1) is 5.82 Å². The number of hydrogen-bond acceptors (Lipinski definition) is 6. The minimum atomic E-state index is -2.61. The Balaban J connectivity index is 1.64. The predicted octanol–water partition coefficient (Wildman–Crippen LogP) is 2.46. The van der Waals surface area contributed by atoms with Crippen molar-refractivity contribution in [2.75, 3.05) is 26.7 Å². The third-order valence-corrected chi connectivity index (χ3v) is 6.90. The Kier molecular flexibility index (Phi) is 8.39. The van der Waals surface area contributed by atoms with Crippen LogP contribution in [0.3, 0.4) is 0 Å². The van der Waals surface area contributed by atoms with E-state index in [1.165, 1.54) is 31.3 Å². The fraction of sp³-hybridized carbons (Fsp3) is 0.320. The van der Waals surface area contributed by atoms with Gasteiger partial charge in [-0.1, -0.05) is 0 Å². The second-order valence-electron chi connectivity index (χ2n) is 8.80. The fourth-order valence-electron chi connectivity index (χ4n) is 4.20. The Labute approximate surface area is 219 Å². The molecule has 11 nitrogen and oxygen atoms in total. The van der Waals surface area contributed by atoms with Crippen LogP contribution in [-0.2, 0) is 22.6 Å². The summed E-state index contributed by atoms with van der Waals surface area (Å²) in [5.41, 5.74) is 2.81. The first-order valence-corrected chi connectivity index (χ1v) is 12.9. The molecule has 4 N–H and O–H groups in total. The van der Waals surface area contributed by atoms with E-state index in [4.69, 9.17) is 9.52 Å². The molecule has 0 aliphatic heterocycles. The van der Waals surface area contributed by atoms with Gasteiger partial charge in [0.15, 0.2) is 0 Å². The molecule has 0 saturated heterocycles. The molecule has 3 amide bonds.